The van der Waals surface area contributed by atoms with Crippen molar-refractivity contribution >= 4 is 29.8 Å². The maximum Gasteiger partial charge on any atom is 0.303 e. The minimum absolute atomic E-state index is 0. The molecule has 3 N–H and O–H groups in total. The van der Waals surface area contributed by atoms with Crippen LogP contribution in [0.2, 0.25) is 0 Å². The molecule has 0 saturated carbocycles. The van der Waals surface area contributed by atoms with Crippen molar-refractivity contribution < 1.29 is 14.7 Å². The average molecular weight is 244 g/mol. The highest BCUT2D eigenvalue weighted by Gasteiger charge is 2.06. The summed E-state index contributed by atoms with van der Waals surface area (Å²) in [4.78, 5) is 21.7. The van der Waals surface area contributed by atoms with E-state index in [0.717, 1.165) is 0 Å². The van der Waals surface area contributed by atoms with Crippen molar-refractivity contribution in [3.63, 3.8) is 0 Å². The molecule has 0 aromatic heterocycles. The van der Waals surface area contributed by atoms with E-state index in [4.69, 9.17) is 10.8 Å². The smallest absolute Gasteiger partial charge is 0.303 e. The van der Waals surface area contributed by atoms with Crippen LogP contribution in [0.3, 0.4) is 0 Å². The van der Waals surface area contributed by atoms with E-state index in [1.54, 1.807) is 24.3 Å². The normalized spacial score (nSPS) is 9.25. The van der Waals surface area contributed by atoms with Gasteiger partial charge in [-0.2, -0.15) is 0 Å². The van der Waals surface area contributed by atoms with Crippen molar-refractivity contribution in [2.24, 2.45) is 0 Å². The summed E-state index contributed by atoms with van der Waals surface area (Å²) in [5, 5.41) is 8.41. The minimum atomic E-state index is -0.875. The molecular formula is C11H14ClNO3. The molecule has 1 aromatic carbocycles. The lowest BCUT2D eigenvalue weighted by molar-refractivity contribution is -0.137. The minimum Gasteiger partial charge on any atom is -0.481 e. The number of carboxylic acids is 1. The zero-order chi connectivity index (χ0) is 11.3. The van der Waals surface area contributed by atoms with Gasteiger partial charge in [0, 0.05) is 24.1 Å². The Morgan fingerprint density at radius 2 is 1.69 bits per heavy atom. The predicted octanol–water partition coefficient (Wildman–Crippen LogP) is 2.13. The van der Waals surface area contributed by atoms with E-state index in [1.807, 2.05) is 0 Å². The lowest BCUT2D eigenvalue weighted by Gasteiger charge is -2.00. The van der Waals surface area contributed by atoms with Gasteiger partial charge < -0.3 is 10.8 Å². The third-order valence-electron chi connectivity index (χ3n) is 2.03. The van der Waals surface area contributed by atoms with Gasteiger partial charge in [-0.05, 0) is 30.7 Å². The van der Waals surface area contributed by atoms with Crippen LogP contribution in [0, 0.1) is 0 Å². The number of hydrogen-bond donors (Lipinski definition) is 2. The van der Waals surface area contributed by atoms with Crippen LogP contribution in [0.1, 0.15) is 29.6 Å². The number of benzene rings is 1. The maximum absolute atomic E-state index is 11.5. The second-order valence-electron chi connectivity index (χ2n) is 3.29. The second kappa shape index (κ2) is 6.85. The highest BCUT2D eigenvalue weighted by molar-refractivity contribution is 5.96. The number of aliphatic carboxylic acids is 1. The summed E-state index contributed by atoms with van der Waals surface area (Å²) < 4.78 is 0. The van der Waals surface area contributed by atoms with Crippen molar-refractivity contribution in [1.29, 1.82) is 0 Å². The van der Waals surface area contributed by atoms with E-state index < -0.39 is 5.97 Å². The number of ketones is 1. The topological polar surface area (TPSA) is 80.4 Å². The van der Waals surface area contributed by atoms with Crippen molar-refractivity contribution in [3.8, 4) is 0 Å². The Labute approximate surface area is 99.9 Å². The molecular weight excluding hydrogens is 230 g/mol. The van der Waals surface area contributed by atoms with Crippen LogP contribution in [0.25, 0.3) is 0 Å². The number of Topliss-reactive ketones (excluding diaryl/α,β-unsaturated/α-hetero) is 1. The first-order valence-corrected chi connectivity index (χ1v) is 4.70. The molecule has 0 amide bonds. The van der Waals surface area contributed by atoms with Gasteiger partial charge in [-0.25, -0.2) is 0 Å². The van der Waals surface area contributed by atoms with Crippen LogP contribution in [-0.2, 0) is 4.79 Å². The zero-order valence-electron chi connectivity index (χ0n) is 8.68. The zero-order valence-corrected chi connectivity index (χ0v) is 9.50. The first kappa shape index (κ1) is 14.5. The number of hydrogen-bond acceptors (Lipinski definition) is 3. The Kier molecular flexibility index (Phi) is 6.18. The fourth-order valence-electron chi connectivity index (χ4n) is 1.21. The van der Waals surface area contributed by atoms with Gasteiger partial charge in [0.05, 0.1) is 0 Å². The third kappa shape index (κ3) is 4.79. The van der Waals surface area contributed by atoms with Crippen molar-refractivity contribution in [2.45, 2.75) is 19.3 Å². The number of carboxylic acid groups (broad SMARTS) is 1. The lowest BCUT2D eigenvalue weighted by Crippen LogP contribution is -2.01. The van der Waals surface area contributed by atoms with Crippen molar-refractivity contribution in [1.82, 2.24) is 0 Å². The molecule has 1 rings (SSSR count). The van der Waals surface area contributed by atoms with Crippen LogP contribution >= 0.6 is 12.4 Å². The molecule has 1 aromatic rings. The van der Waals surface area contributed by atoms with Gasteiger partial charge in [0.25, 0.3) is 0 Å². The Balaban J connectivity index is 0.00000225. The van der Waals surface area contributed by atoms with E-state index >= 15 is 0 Å². The molecule has 0 aliphatic heterocycles. The SMILES string of the molecule is Cl.Nc1ccc(C(=O)CCCC(=O)O)cc1. The van der Waals surface area contributed by atoms with Crippen LogP contribution in [-0.4, -0.2) is 16.9 Å². The van der Waals surface area contributed by atoms with E-state index in [0.29, 0.717) is 17.7 Å². The number of halogens is 1. The summed E-state index contributed by atoms with van der Waals surface area (Å²) in [5.41, 5.74) is 6.66. The predicted molar refractivity (Wildman–Crippen MR) is 63.9 cm³/mol. The molecule has 4 nitrogen and oxygen atoms in total. The largest absolute Gasteiger partial charge is 0.481 e. The number of nitrogen functional groups attached to an aromatic ring is 1. The summed E-state index contributed by atoms with van der Waals surface area (Å²) in [6.07, 6.45) is 0.662. The monoisotopic (exact) mass is 243 g/mol. The summed E-state index contributed by atoms with van der Waals surface area (Å²) >= 11 is 0. The fourth-order valence-corrected chi connectivity index (χ4v) is 1.21. The quantitative estimate of drug-likeness (QED) is 0.613. The molecule has 0 atom stereocenters. The van der Waals surface area contributed by atoms with Crippen molar-refractivity contribution in [2.75, 3.05) is 5.73 Å². The van der Waals surface area contributed by atoms with Gasteiger partial charge in [-0.3, -0.25) is 9.59 Å². The number of nitrogens with two attached hydrogens (primary N) is 1. The Morgan fingerprint density at radius 1 is 1.12 bits per heavy atom. The number of carbonyl (C=O) groups excluding carboxylic acids is 1. The molecule has 0 aliphatic carbocycles. The van der Waals surface area contributed by atoms with Gasteiger partial charge in [0.2, 0.25) is 0 Å². The van der Waals surface area contributed by atoms with Gasteiger partial charge in [-0.15, -0.1) is 12.4 Å². The molecule has 5 heteroatoms. The fraction of sp³-hybridized carbons (Fsp3) is 0.273. The maximum atomic E-state index is 11.5. The second-order valence-corrected chi connectivity index (χ2v) is 3.29. The molecule has 16 heavy (non-hydrogen) atoms. The van der Waals surface area contributed by atoms with Crippen LogP contribution < -0.4 is 5.73 Å². The molecule has 0 saturated heterocycles. The number of rotatable bonds is 5. The van der Waals surface area contributed by atoms with E-state index in [9.17, 15) is 9.59 Å². The summed E-state index contributed by atoms with van der Waals surface area (Å²) in [7, 11) is 0. The first-order chi connectivity index (χ1) is 7.09. The van der Waals surface area contributed by atoms with Gasteiger partial charge in [0.15, 0.2) is 5.78 Å². The van der Waals surface area contributed by atoms with Gasteiger partial charge in [0.1, 0.15) is 0 Å². The average Bonchev–Trinajstić information content (AvgIpc) is 2.18. The first-order valence-electron chi connectivity index (χ1n) is 4.70. The molecule has 0 bridgehead atoms. The van der Waals surface area contributed by atoms with Gasteiger partial charge >= 0.3 is 5.97 Å². The summed E-state index contributed by atoms with van der Waals surface area (Å²) in [6.45, 7) is 0. The highest BCUT2D eigenvalue weighted by Crippen LogP contribution is 2.09. The van der Waals surface area contributed by atoms with Crippen molar-refractivity contribution in [3.05, 3.63) is 29.8 Å². The molecule has 88 valence electrons. The summed E-state index contributed by atoms with van der Waals surface area (Å²) in [6, 6.07) is 6.62. The Morgan fingerprint density at radius 3 is 2.19 bits per heavy atom. The van der Waals surface area contributed by atoms with E-state index in [-0.39, 0.29) is 31.0 Å². The molecule has 0 unspecified atom stereocenters. The number of anilines is 1. The van der Waals surface area contributed by atoms with Gasteiger partial charge in [-0.1, -0.05) is 0 Å². The standard InChI is InChI=1S/C11H13NO3.ClH/c12-9-6-4-8(5-7-9)10(13)2-1-3-11(14)15;/h4-7H,1-3,12H2,(H,14,15);1H. The van der Waals surface area contributed by atoms with E-state index in [1.165, 1.54) is 0 Å². The molecule has 0 spiro atoms. The highest BCUT2D eigenvalue weighted by atomic mass is 35.5. The lowest BCUT2D eigenvalue weighted by atomic mass is 10.1. The van der Waals surface area contributed by atoms with Crippen LogP contribution in [0.5, 0.6) is 0 Å². The summed E-state index contributed by atoms with van der Waals surface area (Å²) in [5.74, 6) is -0.920. The van der Waals surface area contributed by atoms with E-state index in [2.05, 4.69) is 0 Å². The van der Waals surface area contributed by atoms with Crippen LogP contribution in [0.15, 0.2) is 24.3 Å². The Hall–Kier alpha value is -1.55. The molecule has 0 aliphatic rings. The molecule has 0 radical (unpaired) electrons. The third-order valence-corrected chi connectivity index (χ3v) is 2.03. The number of carbonyl (C=O) groups is 2. The molecule has 0 fully saturated rings. The van der Waals surface area contributed by atoms with Crippen LogP contribution in [0.4, 0.5) is 5.69 Å². The molecule has 0 heterocycles. The Bertz CT molecular complexity index is 362.